The second-order valence-corrected chi connectivity index (χ2v) is 6.17. The second-order valence-electron chi connectivity index (χ2n) is 5.80. The molecule has 0 fully saturated rings. The van der Waals surface area contributed by atoms with Gasteiger partial charge in [-0.1, -0.05) is 13.0 Å². The lowest BCUT2D eigenvalue weighted by molar-refractivity contribution is -0.138. The van der Waals surface area contributed by atoms with E-state index >= 15 is 0 Å². The molecule has 0 unspecified atom stereocenters. The van der Waals surface area contributed by atoms with E-state index in [0.29, 0.717) is 6.42 Å². The maximum atomic E-state index is 14.2. The Balaban J connectivity index is 2.39. The van der Waals surface area contributed by atoms with E-state index in [9.17, 15) is 17.6 Å². The minimum Gasteiger partial charge on any atom is -0.486 e. The van der Waals surface area contributed by atoms with Crippen molar-refractivity contribution in [2.24, 2.45) is 0 Å². The summed E-state index contributed by atoms with van der Waals surface area (Å²) >= 11 is 4.86. The number of hydrogen-bond donors (Lipinski definition) is 1. The highest BCUT2D eigenvalue weighted by Gasteiger charge is 2.34. The quantitative estimate of drug-likeness (QED) is 0.519. The zero-order valence-electron chi connectivity index (χ0n) is 15.0. The first-order chi connectivity index (χ1) is 12.7. The van der Waals surface area contributed by atoms with E-state index in [2.05, 4.69) is 5.32 Å². The van der Waals surface area contributed by atoms with E-state index in [1.807, 2.05) is 6.92 Å². The van der Waals surface area contributed by atoms with E-state index in [4.69, 9.17) is 21.7 Å². The van der Waals surface area contributed by atoms with Crippen LogP contribution < -0.4 is 10.1 Å². The lowest BCUT2D eigenvalue weighted by Gasteiger charge is -2.19. The summed E-state index contributed by atoms with van der Waals surface area (Å²) < 4.78 is 64.6. The summed E-state index contributed by atoms with van der Waals surface area (Å²) in [5.74, 6) is -0.731. The number of hydrogen-bond acceptors (Lipinski definition) is 3. The van der Waals surface area contributed by atoms with Crippen molar-refractivity contribution in [3.63, 3.8) is 0 Å². The lowest BCUT2D eigenvalue weighted by atomic mass is 10.0. The molecule has 2 aromatic rings. The van der Waals surface area contributed by atoms with Crippen LogP contribution in [0, 0.1) is 12.7 Å². The van der Waals surface area contributed by atoms with Gasteiger partial charge in [0, 0.05) is 11.3 Å². The van der Waals surface area contributed by atoms with Crippen molar-refractivity contribution in [2.75, 3.05) is 12.4 Å². The standard InChI is InChI=1S/C19H19F4NO2S/c1-4-12-9-15(20)17(8-11(12)2)26-10-13-14(19(21,22)23)6-5-7-16(13)24-18(27)25-3/h5-9H,4,10H2,1-3H3,(H,24,27). The number of anilines is 1. The van der Waals surface area contributed by atoms with Gasteiger partial charge >= 0.3 is 6.18 Å². The van der Waals surface area contributed by atoms with Crippen LogP contribution in [-0.2, 0) is 23.9 Å². The predicted molar refractivity (Wildman–Crippen MR) is 99.5 cm³/mol. The maximum absolute atomic E-state index is 14.2. The van der Waals surface area contributed by atoms with E-state index in [1.165, 1.54) is 31.4 Å². The van der Waals surface area contributed by atoms with Gasteiger partial charge in [-0.2, -0.15) is 13.2 Å². The summed E-state index contributed by atoms with van der Waals surface area (Å²) in [6, 6.07) is 6.41. The highest BCUT2D eigenvalue weighted by molar-refractivity contribution is 7.80. The molecule has 0 saturated heterocycles. The summed E-state index contributed by atoms with van der Waals surface area (Å²) in [7, 11) is 1.30. The third kappa shape index (κ3) is 5.09. The van der Waals surface area contributed by atoms with Gasteiger partial charge in [0.1, 0.15) is 6.61 Å². The van der Waals surface area contributed by atoms with Gasteiger partial charge in [0.25, 0.3) is 5.17 Å². The first-order valence-electron chi connectivity index (χ1n) is 8.13. The second kappa shape index (κ2) is 8.56. The minimum atomic E-state index is -4.61. The van der Waals surface area contributed by atoms with Crippen molar-refractivity contribution in [1.82, 2.24) is 0 Å². The Morgan fingerprint density at radius 1 is 1.22 bits per heavy atom. The molecule has 0 aliphatic rings. The van der Waals surface area contributed by atoms with Crippen molar-refractivity contribution in [2.45, 2.75) is 33.1 Å². The summed E-state index contributed by atoms with van der Waals surface area (Å²) in [6.07, 6.45) is -3.96. The Bertz CT molecular complexity index is 837. The molecule has 3 nitrogen and oxygen atoms in total. The van der Waals surface area contributed by atoms with E-state index in [1.54, 1.807) is 6.92 Å². The Morgan fingerprint density at radius 3 is 2.52 bits per heavy atom. The molecule has 1 N–H and O–H groups in total. The fourth-order valence-corrected chi connectivity index (χ4v) is 2.73. The number of rotatable bonds is 5. The number of halogens is 4. The molecule has 27 heavy (non-hydrogen) atoms. The van der Waals surface area contributed by atoms with Crippen molar-refractivity contribution in [1.29, 1.82) is 0 Å². The Labute approximate surface area is 160 Å². The monoisotopic (exact) mass is 401 g/mol. The number of thiocarbonyl (C=S) groups is 1. The molecular weight excluding hydrogens is 382 g/mol. The first kappa shape index (κ1) is 21.0. The first-order valence-corrected chi connectivity index (χ1v) is 8.54. The van der Waals surface area contributed by atoms with E-state index < -0.39 is 24.2 Å². The van der Waals surface area contributed by atoms with E-state index in [-0.39, 0.29) is 22.2 Å². The summed E-state index contributed by atoms with van der Waals surface area (Å²) in [4.78, 5) is 0. The van der Waals surface area contributed by atoms with Crippen LogP contribution in [0.5, 0.6) is 5.75 Å². The molecule has 0 spiro atoms. The number of benzene rings is 2. The summed E-state index contributed by atoms with van der Waals surface area (Å²) in [6.45, 7) is 3.18. The molecule has 0 amide bonds. The Morgan fingerprint density at radius 2 is 1.93 bits per heavy atom. The fraction of sp³-hybridized carbons (Fsp3) is 0.316. The van der Waals surface area contributed by atoms with Crippen LogP contribution in [0.4, 0.5) is 23.2 Å². The van der Waals surface area contributed by atoms with Crippen LogP contribution in [0.15, 0.2) is 30.3 Å². The van der Waals surface area contributed by atoms with Gasteiger partial charge < -0.3 is 14.8 Å². The minimum absolute atomic E-state index is 0.0824. The molecule has 0 heterocycles. The molecule has 8 heteroatoms. The average Bonchev–Trinajstić information content (AvgIpc) is 2.61. The molecule has 2 aromatic carbocycles. The normalized spacial score (nSPS) is 11.2. The molecular formula is C19H19F4NO2S. The number of methoxy groups -OCH3 is 1. The third-order valence-corrected chi connectivity index (χ3v) is 4.32. The molecule has 2 rings (SSSR count). The molecule has 0 atom stereocenters. The Kier molecular flexibility index (Phi) is 6.64. The van der Waals surface area contributed by atoms with Crippen molar-refractivity contribution in [3.05, 3.63) is 58.4 Å². The summed E-state index contributed by atoms with van der Waals surface area (Å²) in [5, 5.41) is 2.50. The van der Waals surface area contributed by atoms with Gasteiger partial charge in [0.15, 0.2) is 11.6 Å². The average molecular weight is 401 g/mol. The largest absolute Gasteiger partial charge is 0.486 e. The molecule has 0 aliphatic heterocycles. The van der Waals surface area contributed by atoms with Crippen LogP contribution in [0.25, 0.3) is 0 Å². The predicted octanol–water partition coefficient (Wildman–Crippen LogP) is 5.64. The molecule has 0 aromatic heterocycles. The van der Waals surface area contributed by atoms with Crippen molar-refractivity contribution in [3.8, 4) is 5.75 Å². The van der Waals surface area contributed by atoms with Gasteiger partial charge in [-0.15, -0.1) is 0 Å². The zero-order valence-corrected chi connectivity index (χ0v) is 15.9. The van der Waals surface area contributed by atoms with Crippen molar-refractivity contribution < 1.29 is 27.0 Å². The van der Waals surface area contributed by atoms with Gasteiger partial charge in [0.2, 0.25) is 0 Å². The topological polar surface area (TPSA) is 30.5 Å². The fourth-order valence-electron chi connectivity index (χ4n) is 2.62. The lowest BCUT2D eigenvalue weighted by Crippen LogP contribution is -2.17. The maximum Gasteiger partial charge on any atom is 0.416 e. The van der Waals surface area contributed by atoms with Gasteiger partial charge in [0.05, 0.1) is 12.7 Å². The highest BCUT2D eigenvalue weighted by Crippen LogP contribution is 2.36. The highest BCUT2D eigenvalue weighted by atomic mass is 32.1. The van der Waals surface area contributed by atoms with Crippen LogP contribution in [0.2, 0.25) is 0 Å². The zero-order chi connectivity index (χ0) is 20.2. The molecule has 0 aliphatic carbocycles. The smallest absolute Gasteiger partial charge is 0.416 e. The van der Waals surface area contributed by atoms with Crippen LogP contribution in [0.1, 0.15) is 29.2 Å². The van der Waals surface area contributed by atoms with Crippen LogP contribution in [0.3, 0.4) is 0 Å². The summed E-state index contributed by atoms with van der Waals surface area (Å²) in [5.41, 5.74) is 0.606. The molecule has 0 saturated carbocycles. The SMILES string of the molecule is CCc1cc(F)c(OCc2c(NC(=S)OC)cccc2C(F)(F)F)cc1C. The molecule has 146 valence electrons. The van der Waals surface area contributed by atoms with E-state index in [0.717, 1.165) is 17.2 Å². The van der Waals surface area contributed by atoms with Gasteiger partial charge in [-0.05, 0) is 61.0 Å². The molecule has 0 bridgehead atoms. The third-order valence-electron chi connectivity index (χ3n) is 4.05. The number of ether oxygens (including phenoxy) is 2. The van der Waals surface area contributed by atoms with Gasteiger partial charge in [-0.25, -0.2) is 4.39 Å². The number of nitrogens with one attached hydrogen (secondary N) is 1. The van der Waals surface area contributed by atoms with Crippen molar-refractivity contribution >= 4 is 23.1 Å². The van der Waals surface area contributed by atoms with Crippen LogP contribution in [-0.4, -0.2) is 12.3 Å². The molecule has 0 radical (unpaired) electrons. The van der Waals surface area contributed by atoms with Gasteiger partial charge in [-0.3, -0.25) is 0 Å². The Hall–Kier alpha value is -2.35. The number of alkyl halides is 3. The van der Waals surface area contributed by atoms with Crippen LogP contribution >= 0.6 is 12.2 Å². The number of aryl methyl sites for hydroxylation is 2.